The molecule has 202 valence electrons. The second kappa shape index (κ2) is 10.6. The maximum atomic E-state index is 14.0. The lowest BCUT2D eigenvalue weighted by molar-refractivity contribution is -0.135. The summed E-state index contributed by atoms with van der Waals surface area (Å²) in [4.78, 5) is 18.2. The molecule has 2 fully saturated rings. The van der Waals surface area contributed by atoms with Crippen molar-refractivity contribution in [2.75, 3.05) is 44.2 Å². The average molecular weight is 580 g/mol. The molecule has 0 bridgehead atoms. The molecular formula is C30H30ClN3O3S2. The Kier molecular flexibility index (Phi) is 7.14. The SMILES string of the molecule is Cc1c(S(=O)(=O)N2CC(C(=O)N3CCN(c4ccccc4)CC3)C(c3ccccc3)C2)sc2ccc(Cl)cc12. The van der Waals surface area contributed by atoms with Crippen LogP contribution in [-0.4, -0.2) is 62.8 Å². The summed E-state index contributed by atoms with van der Waals surface area (Å²) in [5.74, 6) is -0.603. The van der Waals surface area contributed by atoms with Gasteiger partial charge in [-0.25, -0.2) is 8.42 Å². The number of nitrogens with zero attached hydrogens (tertiary/aromatic N) is 3. The normalized spacial score (nSPS) is 20.6. The molecule has 4 aromatic rings. The Hall–Kier alpha value is -2.91. The van der Waals surface area contributed by atoms with Crippen molar-refractivity contribution >= 4 is 54.6 Å². The number of thiophene rings is 1. The molecule has 6 rings (SSSR count). The van der Waals surface area contributed by atoms with Gasteiger partial charge in [-0.1, -0.05) is 60.1 Å². The molecule has 6 nitrogen and oxygen atoms in total. The molecule has 3 aromatic carbocycles. The molecule has 0 N–H and O–H groups in total. The molecule has 0 aliphatic carbocycles. The summed E-state index contributed by atoms with van der Waals surface area (Å²) in [7, 11) is -3.80. The van der Waals surface area contributed by atoms with Gasteiger partial charge < -0.3 is 9.80 Å². The number of benzene rings is 3. The second-order valence-electron chi connectivity index (χ2n) is 10.2. The molecule has 2 saturated heterocycles. The highest BCUT2D eigenvalue weighted by molar-refractivity contribution is 7.91. The molecule has 2 aliphatic heterocycles. The summed E-state index contributed by atoms with van der Waals surface area (Å²) in [6.07, 6.45) is 0. The number of fused-ring (bicyclic) bond motifs is 1. The third kappa shape index (κ3) is 4.95. The number of rotatable bonds is 5. The molecule has 0 spiro atoms. The lowest BCUT2D eigenvalue weighted by atomic mass is 9.88. The fraction of sp³-hybridized carbons (Fsp3) is 0.300. The van der Waals surface area contributed by atoms with Gasteiger partial charge in [0.25, 0.3) is 10.0 Å². The summed E-state index contributed by atoms with van der Waals surface area (Å²) in [5.41, 5.74) is 2.86. The van der Waals surface area contributed by atoms with E-state index < -0.39 is 15.9 Å². The van der Waals surface area contributed by atoms with Gasteiger partial charge in [-0.3, -0.25) is 4.79 Å². The zero-order chi connectivity index (χ0) is 27.1. The lowest BCUT2D eigenvalue weighted by Crippen LogP contribution is -2.51. The number of aryl methyl sites for hydroxylation is 1. The zero-order valence-corrected chi connectivity index (χ0v) is 24.1. The van der Waals surface area contributed by atoms with Gasteiger partial charge in [0.15, 0.2) is 0 Å². The summed E-state index contributed by atoms with van der Waals surface area (Å²) in [6, 6.07) is 25.5. The van der Waals surface area contributed by atoms with E-state index in [1.54, 1.807) is 6.07 Å². The van der Waals surface area contributed by atoms with Crippen LogP contribution in [-0.2, 0) is 14.8 Å². The van der Waals surface area contributed by atoms with Crippen molar-refractivity contribution in [3.05, 3.63) is 95.0 Å². The van der Waals surface area contributed by atoms with E-state index in [1.807, 2.05) is 72.5 Å². The minimum atomic E-state index is -3.80. The minimum Gasteiger partial charge on any atom is -0.368 e. The Bertz CT molecular complexity index is 1600. The minimum absolute atomic E-state index is 0.0362. The monoisotopic (exact) mass is 579 g/mol. The highest BCUT2D eigenvalue weighted by Crippen LogP contribution is 2.41. The molecule has 9 heteroatoms. The van der Waals surface area contributed by atoms with E-state index in [9.17, 15) is 13.2 Å². The van der Waals surface area contributed by atoms with Gasteiger partial charge in [0.05, 0.1) is 5.92 Å². The number of piperazine rings is 1. The smallest absolute Gasteiger partial charge is 0.252 e. The van der Waals surface area contributed by atoms with Crippen LogP contribution in [0.25, 0.3) is 10.1 Å². The van der Waals surface area contributed by atoms with Gasteiger partial charge in [-0.15, -0.1) is 11.3 Å². The summed E-state index contributed by atoms with van der Waals surface area (Å²) < 4.78 is 30.7. The van der Waals surface area contributed by atoms with Gasteiger partial charge in [-0.2, -0.15) is 4.31 Å². The van der Waals surface area contributed by atoms with Gasteiger partial charge >= 0.3 is 0 Å². The van der Waals surface area contributed by atoms with Crippen molar-refractivity contribution in [3.63, 3.8) is 0 Å². The lowest BCUT2D eigenvalue weighted by Gasteiger charge is -2.37. The molecule has 3 heterocycles. The van der Waals surface area contributed by atoms with Crippen molar-refractivity contribution in [1.29, 1.82) is 0 Å². The molecule has 1 aromatic heterocycles. The summed E-state index contributed by atoms with van der Waals surface area (Å²) in [5, 5.41) is 1.43. The zero-order valence-electron chi connectivity index (χ0n) is 21.7. The van der Waals surface area contributed by atoms with E-state index in [0.29, 0.717) is 27.9 Å². The van der Waals surface area contributed by atoms with Crippen LogP contribution in [0.2, 0.25) is 5.02 Å². The van der Waals surface area contributed by atoms with Gasteiger partial charge in [-0.05, 0) is 53.8 Å². The molecule has 2 atom stereocenters. The molecule has 39 heavy (non-hydrogen) atoms. The Morgan fingerprint density at radius 1 is 0.897 bits per heavy atom. The van der Waals surface area contributed by atoms with Crippen LogP contribution in [0.4, 0.5) is 5.69 Å². The van der Waals surface area contributed by atoms with Crippen LogP contribution >= 0.6 is 22.9 Å². The van der Waals surface area contributed by atoms with Crippen LogP contribution in [0.15, 0.2) is 83.1 Å². The first kappa shape index (κ1) is 26.3. The number of sulfonamides is 1. The Labute approximate surface area is 238 Å². The fourth-order valence-corrected chi connectivity index (χ4v) is 9.39. The van der Waals surface area contributed by atoms with E-state index in [1.165, 1.54) is 15.6 Å². The van der Waals surface area contributed by atoms with E-state index in [-0.39, 0.29) is 24.9 Å². The van der Waals surface area contributed by atoms with Crippen molar-refractivity contribution < 1.29 is 13.2 Å². The Morgan fingerprint density at radius 3 is 2.26 bits per heavy atom. The van der Waals surface area contributed by atoms with Crippen LogP contribution in [0.3, 0.4) is 0 Å². The van der Waals surface area contributed by atoms with E-state index in [0.717, 1.165) is 34.4 Å². The number of carbonyl (C=O) groups is 1. The van der Waals surface area contributed by atoms with Crippen LogP contribution < -0.4 is 4.90 Å². The van der Waals surface area contributed by atoms with E-state index >= 15 is 0 Å². The van der Waals surface area contributed by atoms with Gasteiger partial charge in [0.2, 0.25) is 5.91 Å². The fourth-order valence-electron chi connectivity index (χ4n) is 5.84. The number of halogens is 1. The van der Waals surface area contributed by atoms with Crippen molar-refractivity contribution in [1.82, 2.24) is 9.21 Å². The molecule has 2 aliphatic rings. The highest BCUT2D eigenvalue weighted by atomic mass is 35.5. The maximum Gasteiger partial charge on any atom is 0.252 e. The molecular weight excluding hydrogens is 550 g/mol. The number of amides is 1. The number of hydrogen-bond acceptors (Lipinski definition) is 5. The predicted molar refractivity (Wildman–Crippen MR) is 158 cm³/mol. The quantitative estimate of drug-likeness (QED) is 0.308. The van der Waals surface area contributed by atoms with Crippen LogP contribution in [0.5, 0.6) is 0 Å². The third-order valence-corrected chi connectivity index (χ3v) is 11.9. The van der Waals surface area contributed by atoms with E-state index in [4.69, 9.17) is 11.6 Å². The first-order valence-electron chi connectivity index (χ1n) is 13.2. The third-order valence-electron chi connectivity index (χ3n) is 7.97. The van der Waals surface area contributed by atoms with Crippen molar-refractivity contribution in [3.8, 4) is 0 Å². The van der Waals surface area contributed by atoms with Gasteiger partial charge in [0, 0.05) is 60.6 Å². The standard InChI is InChI=1S/C30H30ClN3O3S2/c1-21-25-18-23(31)12-13-28(25)38-30(21)39(36,37)34-19-26(22-8-4-2-5-9-22)27(20-34)29(35)33-16-14-32(15-17-33)24-10-6-3-7-11-24/h2-13,18,26-27H,14-17,19-20H2,1H3. The van der Waals surface area contributed by atoms with Crippen molar-refractivity contribution in [2.45, 2.75) is 17.1 Å². The van der Waals surface area contributed by atoms with Crippen LogP contribution in [0.1, 0.15) is 17.0 Å². The average Bonchev–Trinajstić information content (AvgIpc) is 3.57. The maximum absolute atomic E-state index is 14.0. The first-order valence-corrected chi connectivity index (χ1v) is 15.8. The summed E-state index contributed by atoms with van der Waals surface area (Å²) >= 11 is 7.47. The Morgan fingerprint density at radius 2 is 1.56 bits per heavy atom. The topological polar surface area (TPSA) is 60.9 Å². The summed E-state index contributed by atoms with van der Waals surface area (Å²) in [6.45, 7) is 5.04. The highest BCUT2D eigenvalue weighted by Gasteiger charge is 2.45. The van der Waals surface area contributed by atoms with E-state index in [2.05, 4.69) is 17.0 Å². The number of para-hydroxylation sites is 1. The molecule has 1 amide bonds. The molecule has 0 saturated carbocycles. The van der Waals surface area contributed by atoms with Crippen LogP contribution in [0, 0.1) is 12.8 Å². The largest absolute Gasteiger partial charge is 0.368 e. The molecule has 2 unspecified atom stereocenters. The number of anilines is 1. The Balaban J connectivity index is 1.27. The second-order valence-corrected chi connectivity index (χ2v) is 13.9. The molecule has 0 radical (unpaired) electrons. The van der Waals surface area contributed by atoms with Gasteiger partial charge in [0.1, 0.15) is 4.21 Å². The number of carbonyl (C=O) groups excluding carboxylic acids is 1. The number of hydrogen-bond donors (Lipinski definition) is 0. The van der Waals surface area contributed by atoms with Crippen molar-refractivity contribution in [2.24, 2.45) is 5.92 Å². The predicted octanol–water partition coefficient (Wildman–Crippen LogP) is 5.62. The first-order chi connectivity index (χ1) is 18.8.